The van der Waals surface area contributed by atoms with Crippen LogP contribution in [0.5, 0.6) is 11.5 Å². The van der Waals surface area contributed by atoms with E-state index >= 15 is 0 Å². The molecule has 22 heavy (non-hydrogen) atoms. The molecule has 110 valence electrons. The molecular formula is C17H13NO3S. The number of carbonyl (C=O) groups is 1. The number of aromatic hydroxyl groups is 2. The summed E-state index contributed by atoms with van der Waals surface area (Å²) in [6, 6.07) is 13.9. The van der Waals surface area contributed by atoms with Gasteiger partial charge in [0, 0.05) is 11.1 Å². The van der Waals surface area contributed by atoms with E-state index in [0.29, 0.717) is 11.4 Å². The topological polar surface area (TPSA) is 70.4 Å². The molecule has 0 bridgehead atoms. The summed E-state index contributed by atoms with van der Waals surface area (Å²) >= 11 is 1.41. The zero-order valence-electron chi connectivity index (χ0n) is 11.6. The van der Waals surface area contributed by atoms with Crippen LogP contribution in [-0.4, -0.2) is 26.7 Å². The molecule has 0 amide bonds. The molecule has 0 atom stereocenters. The molecular weight excluding hydrogens is 298 g/mol. The van der Waals surface area contributed by atoms with E-state index < -0.39 is 0 Å². The van der Waals surface area contributed by atoms with Crippen molar-refractivity contribution in [1.29, 1.82) is 0 Å². The van der Waals surface area contributed by atoms with Gasteiger partial charge < -0.3 is 10.2 Å². The first-order chi connectivity index (χ1) is 10.6. The second-order valence-corrected chi connectivity index (χ2v) is 5.83. The normalized spacial score (nSPS) is 10.7. The van der Waals surface area contributed by atoms with Crippen LogP contribution >= 0.6 is 11.8 Å². The van der Waals surface area contributed by atoms with Gasteiger partial charge in [0.25, 0.3) is 0 Å². The number of ketones is 1. The lowest BCUT2D eigenvalue weighted by Gasteiger charge is -2.05. The summed E-state index contributed by atoms with van der Waals surface area (Å²) in [4.78, 5) is 17.0. The van der Waals surface area contributed by atoms with E-state index in [1.54, 1.807) is 24.4 Å². The Kier molecular flexibility index (Phi) is 3.98. The fourth-order valence-corrected chi connectivity index (χ4v) is 2.91. The summed E-state index contributed by atoms with van der Waals surface area (Å²) in [5.41, 5.74) is 0.457. The van der Waals surface area contributed by atoms with Crippen LogP contribution in [0.15, 0.2) is 59.6 Å². The number of phenolic OH excluding ortho intramolecular Hbond substituents is 2. The monoisotopic (exact) mass is 311 g/mol. The molecule has 0 saturated carbocycles. The van der Waals surface area contributed by atoms with E-state index in [1.165, 1.54) is 23.9 Å². The van der Waals surface area contributed by atoms with Crippen molar-refractivity contribution in [3.8, 4) is 11.5 Å². The lowest BCUT2D eigenvalue weighted by Crippen LogP contribution is -2.04. The SMILES string of the molecule is O=C(CSc1ccc2cc(O)c(O)cc2c1)c1ccccn1. The Morgan fingerprint density at radius 1 is 1.00 bits per heavy atom. The molecule has 0 aliphatic rings. The Balaban J connectivity index is 1.77. The molecule has 0 aliphatic carbocycles. The van der Waals surface area contributed by atoms with E-state index in [1.807, 2.05) is 18.2 Å². The number of nitrogens with zero attached hydrogens (tertiary/aromatic N) is 1. The molecule has 0 fully saturated rings. The molecule has 0 aliphatic heterocycles. The molecule has 2 N–H and O–H groups in total. The van der Waals surface area contributed by atoms with Crippen LogP contribution in [0.3, 0.4) is 0 Å². The number of hydrogen-bond donors (Lipinski definition) is 2. The maximum absolute atomic E-state index is 12.0. The first kappa shape index (κ1) is 14.4. The van der Waals surface area contributed by atoms with Crippen molar-refractivity contribution in [1.82, 2.24) is 4.98 Å². The van der Waals surface area contributed by atoms with Crippen LogP contribution in [0, 0.1) is 0 Å². The van der Waals surface area contributed by atoms with Crippen molar-refractivity contribution >= 4 is 28.3 Å². The highest BCUT2D eigenvalue weighted by Crippen LogP contribution is 2.32. The van der Waals surface area contributed by atoms with Crippen molar-refractivity contribution < 1.29 is 15.0 Å². The van der Waals surface area contributed by atoms with Gasteiger partial charge in [0.15, 0.2) is 17.3 Å². The molecule has 0 saturated heterocycles. The number of thioether (sulfide) groups is 1. The van der Waals surface area contributed by atoms with E-state index in [-0.39, 0.29) is 17.3 Å². The molecule has 1 heterocycles. The highest BCUT2D eigenvalue weighted by Gasteiger charge is 2.08. The number of pyridine rings is 1. The number of fused-ring (bicyclic) bond motifs is 1. The second-order valence-electron chi connectivity index (χ2n) is 4.78. The number of carbonyl (C=O) groups excluding carboxylic acids is 1. The minimum absolute atomic E-state index is 0.0285. The fourth-order valence-electron chi connectivity index (χ4n) is 2.09. The van der Waals surface area contributed by atoms with E-state index in [0.717, 1.165) is 15.7 Å². The minimum atomic E-state index is -0.154. The van der Waals surface area contributed by atoms with Gasteiger partial charge in [0.2, 0.25) is 0 Å². The van der Waals surface area contributed by atoms with Gasteiger partial charge in [-0.05, 0) is 47.2 Å². The molecule has 0 spiro atoms. The van der Waals surface area contributed by atoms with Crippen molar-refractivity contribution in [3.05, 3.63) is 60.4 Å². The van der Waals surface area contributed by atoms with Crippen LogP contribution in [-0.2, 0) is 0 Å². The molecule has 4 nitrogen and oxygen atoms in total. The lowest BCUT2D eigenvalue weighted by atomic mass is 10.1. The molecule has 3 aromatic rings. The van der Waals surface area contributed by atoms with Crippen molar-refractivity contribution in [2.24, 2.45) is 0 Å². The van der Waals surface area contributed by atoms with Gasteiger partial charge in [-0.2, -0.15) is 0 Å². The van der Waals surface area contributed by atoms with Gasteiger partial charge in [-0.25, -0.2) is 0 Å². The first-order valence-electron chi connectivity index (χ1n) is 6.66. The standard InChI is InChI=1S/C17H13NO3S/c19-15-8-11-4-5-13(7-12(11)9-16(15)20)22-10-17(21)14-3-1-2-6-18-14/h1-9,19-20H,10H2. The quantitative estimate of drug-likeness (QED) is 0.437. The van der Waals surface area contributed by atoms with Crippen LogP contribution < -0.4 is 0 Å². The Labute approximate surface area is 131 Å². The van der Waals surface area contributed by atoms with Gasteiger partial charge in [-0.1, -0.05) is 12.1 Å². The highest BCUT2D eigenvalue weighted by atomic mass is 32.2. The molecule has 2 aromatic carbocycles. The highest BCUT2D eigenvalue weighted by molar-refractivity contribution is 8.00. The third-order valence-corrected chi connectivity index (χ3v) is 4.22. The Morgan fingerprint density at radius 3 is 2.50 bits per heavy atom. The average molecular weight is 311 g/mol. The van der Waals surface area contributed by atoms with Gasteiger partial charge in [0.1, 0.15) is 5.69 Å². The zero-order valence-corrected chi connectivity index (χ0v) is 12.4. The number of rotatable bonds is 4. The third-order valence-electron chi connectivity index (χ3n) is 3.23. The van der Waals surface area contributed by atoms with Crippen LogP contribution in [0.25, 0.3) is 10.8 Å². The number of aromatic nitrogens is 1. The van der Waals surface area contributed by atoms with Crippen LogP contribution in [0.2, 0.25) is 0 Å². The van der Waals surface area contributed by atoms with Gasteiger partial charge in [-0.3, -0.25) is 9.78 Å². The summed E-state index contributed by atoms with van der Waals surface area (Å²) in [7, 11) is 0. The van der Waals surface area contributed by atoms with Crippen molar-refractivity contribution in [2.45, 2.75) is 4.90 Å². The smallest absolute Gasteiger partial charge is 0.191 e. The van der Waals surface area contributed by atoms with Gasteiger partial charge >= 0.3 is 0 Å². The maximum atomic E-state index is 12.0. The predicted molar refractivity (Wildman–Crippen MR) is 86.6 cm³/mol. The first-order valence-corrected chi connectivity index (χ1v) is 7.65. The maximum Gasteiger partial charge on any atom is 0.191 e. The summed E-state index contributed by atoms with van der Waals surface area (Å²) in [5.74, 6) is -0.0243. The summed E-state index contributed by atoms with van der Waals surface area (Å²) in [5, 5.41) is 20.7. The lowest BCUT2D eigenvalue weighted by molar-refractivity contribution is 0.101. The minimum Gasteiger partial charge on any atom is -0.504 e. The molecule has 3 rings (SSSR count). The fraction of sp³-hybridized carbons (Fsp3) is 0.0588. The summed E-state index contributed by atoms with van der Waals surface area (Å²) < 4.78 is 0. The van der Waals surface area contributed by atoms with E-state index in [4.69, 9.17) is 0 Å². The Morgan fingerprint density at radius 2 is 1.77 bits per heavy atom. The molecule has 1 aromatic heterocycles. The van der Waals surface area contributed by atoms with E-state index in [2.05, 4.69) is 4.98 Å². The Hall–Kier alpha value is -2.53. The largest absolute Gasteiger partial charge is 0.504 e. The van der Waals surface area contributed by atoms with Crippen LogP contribution in [0.1, 0.15) is 10.5 Å². The van der Waals surface area contributed by atoms with Crippen molar-refractivity contribution in [2.75, 3.05) is 5.75 Å². The van der Waals surface area contributed by atoms with Gasteiger partial charge in [0.05, 0.1) is 5.75 Å². The number of benzene rings is 2. The van der Waals surface area contributed by atoms with Crippen LogP contribution in [0.4, 0.5) is 0 Å². The number of hydrogen-bond acceptors (Lipinski definition) is 5. The van der Waals surface area contributed by atoms with Gasteiger partial charge in [-0.15, -0.1) is 11.8 Å². The summed E-state index contributed by atoms with van der Waals surface area (Å²) in [6.07, 6.45) is 1.60. The average Bonchev–Trinajstić information content (AvgIpc) is 2.54. The molecule has 5 heteroatoms. The van der Waals surface area contributed by atoms with E-state index in [9.17, 15) is 15.0 Å². The second kappa shape index (κ2) is 6.07. The summed E-state index contributed by atoms with van der Waals surface area (Å²) in [6.45, 7) is 0. The predicted octanol–water partition coefficient (Wildman–Crippen LogP) is 3.62. The Bertz CT molecular complexity index is 834. The number of phenols is 2. The zero-order chi connectivity index (χ0) is 15.5. The number of Topliss-reactive ketones (excluding diaryl/α,β-unsaturated/α-hetero) is 1. The molecule has 0 radical (unpaired) electrons. The third kappa shape index (κ3) is 3.04. The van der Waals surface area contributed by atoms with Crippen molar-refractivity contribution in [3.63, 3.8) is 0 Å². The molecule has 0 unspecified atom stereocenters.